The van der Waals surface area contributed by atoms with Crippen LogP contribution in [0.15, 0.2) is 77.4 Å². The van der Waals surface area contributed by atoms with Crippen LogP contribution >= 0.6 is 0 Å². The van der Waals surface area contributed by atoms with Gasteiger partial charge >= 0.3 is 5.97 Å². The third-order valence-electron chi connectivity index (χ3n) is 5.34. The summed E-state index contributed by atoms with van der Waals surface area (Å²) in [6, 6.07) is 21.8. The van der Waals surface area contributed by atoms with E-state index in [0.717, 1.165) is 38.8 Å². The van der Waals surface area contributed by atoms with Gasteiger partial charge in [-0.1, -0.05) is 36.4 Å². The number of para-hydroxylation sites is 1. The highest BCUT2D eigenvalue weighted by Gasteiger charge is 2.13. The zero-order chi connectivity index (χ0) is 22.5. The molecule has 4 aromatic rings. The topological polar surface area (TPSA) is 74.7 Å². The lowest BCUT2D eigenvalue weighted by Gasteiger charge is -2.13. The Morgan fingerprint density at radius 3 is 2.72 bits per heavy atom. The minimum absolute atomic E-state index is 0.0514. The van der Waals surface area contributed by atoms with E-state index in [-0.39, 0.29) is 18.4 Å². The maximum atomic E-state index is 11.9. The molecule has 0 aliphatic carbocycles. The smallest absolute Gasteiger partial charge is 0.310 e. The van der Waals surface area contributed by atoms with Crippen LogP contribution in [0.1, 0.15) is 36.6 Å². The summed E-state index contributed by atoms with van der Waals surface area (Å²) in [5, 5.41) is 1.01. The van der Waals surface area contributed by atoms with Crippen molar-refractivity contribution in [3.8, 4) is 16.9 Å². The van der Waals surface area contributed by atoms with Crippen molar-refractivity contribution < 1.29 is 18.7 Å². The van der Waals surface area contributed by atoms with Crippen molar-refractivity contribution in [3.63, 3.8) is 0 Å². The maximum Gasteiger partial charge on any atom is 0.310 e. The Bertz CT molecular complexity index is 1230. The zero-order valence-electron chi connectivity index (χ0n) is 18.3. The number of carbonyl (C=O) groups excluding carboxylic acids is 1. The molecule has 32 heavy (non-hydrogen) atoms. The van der Waals surface area contributed by atoms with E-state index in [0.29, 0.717) is 19.0 Å². The van der Waals surface area contributed by atoms with E-state index >= 15 is 0 Å². The van der Waals surface area contributed by atoms with Gasteiger partial charge in [-0.2, -0.15) is 0 Å². The molecule has 0 unspecified atom stereocenters. The number of carbonyl (C=O) groups is 1. The van der Waals surface area contributed by atoms with Gasteiger partial charge in [0.05, 0.1) is 19.3 Å². The quantitative estimate of drug-likeness (QED) is 0.358. The number of hydrogen-bond acceptors (Lipinski definition) is 5. The van der Waals surface area contributed by atoms with Gasteiger partial charge in [-0.3, -0.25) is 4.79 Å². The number of furan rings is 1. The van der Waals surface area contributed by atoms with E-state index in [1.165, 1.54) is 0 Å². The molecule has 2 N–H and O–H groups in total. The zero-order valence-corrected chi connectivity index (χ0v) is 18.3. The molecule has 5 heteroatoms. The first-order chi connectivity index (χ1) is 15.5. The Morgan fingerprint density at radius 1 is 1.06 bits per heavy atom. The highest BCUT2D eigenvalue weighted by molar-refractivity contribution is 5.93. The first kappa shape index (κ1) is 21.7. The van der Waals surface area contributed by atoms with Gasteiger partial charge in [0.2, 0.25) is 0 Å². The van der Waals surface area contributed by atoms with Gasteiger partial charge in [0.15, 0.2) is 0 Å². The van der Waals surface area contributed by atoms with Crippen LogP contribution in [0, 0.1) is 0 Å². The van der Waals surface area contributed by atoms with Gasteiger partial charge in [0.1, 0.15) is 17.9 Å². The van der Waals surface area contributed by atoms with Crippen molar-refractivity contribution in [1.82, 2.24) is 0 Å². The third-order valence-corrected chi connectivity index (χ3v) is 5.34. The fraction of sp³-hybridized carbons (Fsp3) is 0.222. The summed E-state index contributed by atoms with van der Waals surface area (Å²) in [6.07, 6.45) is 1.88. The van der Waals surface area contributed by atoms with E-state index in [2.05, 4.69) is 24.3 Å². The second kappa shape index (κ2) is 9.71. The SMILES string of the molecule is CCOC(=O)Cc1ccccc1OCc1cc(-c2cccc([C@H](C)N)c2)c2occc2c1. The molecule has 0 bridgehead atoms. The third kappa shape index (κ3) is 4.84. The number of benzene rings is 3. The Hall–Kier alpha value is -3.57. The molecule has 0 aliphatic heterocycles. The van der Waals surface area contributed by atoms with Crippen LogP contribution in [-0.2, 0) is 22.6 Å². The molecule has 0 aliphatic rings. The maximum absolute atomic E-state index is 11.9. The largest absolute Gasteiger partial charge is 0.489 e. The lowest BCUT2D eigenvalue weighted by atomic mass is 9.97. The number of esters is 1. The summed E-state index contributed by atoms with van der Waals surface area (Å²) in [5.41, 5.74) is 11.8. The predicted molar refractivity (Wildman–Crippen MR) is 125 cm³/mol. The van der Waals surface area contributed by atoms with Crippen LogP contribution in [-0.4, -0.2) is 12.6 Å². The molecule has 1 atom stereocenters. The van der Waals surface area contributed by atoms with Gasteiger partial charge in [-0.25, -0.2) is 0 Å². The highest BCUT2D eigenvalue weighted by Crippen LogP contribution is 2.33. The molecule has 0 saturated heterocycles. The summed E-state index contributed by atoms with van der Waals surface area (Å²) >= 11 is 0. The van der Waals surface area contributed by atoms with Crippen molar-refractivity contribution in [3.05, 3.63) is 89.7 Å². The van der Waals surface area contributed by atoms with Crippen molar-refractivity contribution >= 4 is 16.9 Å². The summed E-state index contributed by atoms with van der Waals surface area (Å²) in [6.45, 7) is 4.49. The first-order valence-corrected chi connectivity index (χ1v) is 10.8. The average Bonchev–Trinajstić information content (AvgIpc) is 3.27. The molecule has 1 aromatic heterocycles. The molecule has 0 saturated carbocycles. The standard InChI is InChI=1S/C27H27NO4/c1-3-30-26(29)16-22-7-4-5-10-25(22)32-17-19-13-23-11-12-31-27(23)24(14-19)21-9-6-8-20(15-21)18(2)28/h4-15,18H,3,16-17,28H2,1-2H3/t18-/m0/s1. The fourth-order valence-electron chi connectivity index (χ4n) is 3.75. The Morgan fingerprint density at radius 2 is 1.91 bits per heavy atom. The van der Waals surface area contributed by atoms with Gasteiger partial charge in [0, 0.05) is 22.6 Å². The van der Waals surface area contributed by atoms with Gasteiger partial charge in [-0.15, -0.1) is 0 Å². The normalized spacial score (nSPS) is 12.0. The minimum atomic E-state index is -0.264. The molecule has 5 nitrogen and oxygen atoms in total. The Balaban J connectivity index is 1.62. The number of hydrogen-bond donors (Lipinski definition) is 1. The van der Waals surface area contributed by atoms with Gasteiger partial charge < -0.3 is 19.6 Å². The first-order valence-electron chi connectivity index (χ1n) is 10.8. The van der Waals surface area contributed by atoms with E-state index < -0.39 is 0 Å². The van der Waals surface area contributed by atoms with E-state index in [4.69, 9.17) is 19.6 Å². The van der Waals surface area contributed by atoms with E-state index in [9.17, 15) is 4.79 Å². The predicted octanol–water partition coefficient (Wildman–Crippen LogP) is 5.80. The van der Waals surface area contributed by atoms with Crippen molar-refractivity contribution in [2.24, 2.45) is 5.73 Å². The fourth-order valence-corrected chi connectivity index (χ4v) is 3.75. The molecule has 164 valence electrons. The number of ether oxygens (including phenoxy) is 2. The molecular formula is C27H27NO4. The minimum Gasteiger partial charge on any atom is -0.489 e. The van der Waals surface area contributed by atoms with Crippen molar-refractivity contribution in [2.75, 3.05) is 6.61 Å². The molecule has 0 radical (unpaired) electrons. The molecule has 0 spiro atoms. The summed E-state index contributed by atoms with van der Waals surface area (Å²) < 4.78 is 17.0. The van der Waals surface area contributed by atoms with E-state index in [1.54, 1.807) is 13.2 Å². The molecule has 3 aromatic carbocycles. The molecular weight excluding hydrogens is 402 g/mol. The molecule has 0 amide bonds. The lowest BCUT2D eigenvalue weighted by Crippen LogP contribution is -2.09. The van der Waals surface area contributed by atoms with Crippen LogP contribution < -0.4 is 10.5 Å². The van der Waals surface area contributed by atoms with Crippen molar-refractivity contribution in [2.45, 2.75) is 32.9 Å². The number of fused-ring (bicyclic) bond motifs is 1. The summed E-state index contributed by atoms with van der Waals surface area (Å²) in [4.78, 5) is 11.9. The lowest BCUT2D eigenvalue weighted by molar-refractivity contribution is -0.142. The number of rotatable bonds is 8. The second-order valence-electron chi connectivity index (χ2n) is 7.77. The second-order valence-corrected chi connectivity index (χ2v) is 7.77. The number of nitrogens with two attached hydrogens (primary N) is 1. The van der Waals surface area contributed by atoms with Gasteiger partial charge in [-0.05, 0) is 60.9 Å². The molecule has 1 heterocycles. The van der Waals surface area contributed by atoms with E-state index in [1.807, 2.05) is 49.4 Å². The monoisotopic (exact) mass is 429 g/mol. The Kier molecular flexibility index (Phi) is 6.57. The average molecular weight is 430 g/mol. The van der Waals surface area contributed by atoms with Crippen LogP contribution in [0.5, 0.6) is 5.75 Å². The summed E-state index contributed by atoms with van der Waals surface area (Å²) in [7, 11) is 0. The highest BCUT2D eigenvalue weighted by atomic mass is 16.5. The Labute approximate surface area is 187 Å². The molecule has 4 rings (SSSR count). The summed E-state index contributed by atoms with van der Waals surface area (Å²) in [5.74, 6) is 0.410. The van der Waals surface area contributed by atoms with Crippen LogP contribution in [0.2, 0.25) is 0 Å². The van der Waals surface area contributed by atoms with Crippen LogP contribution in [0.4, 0.5) is 0 Å². The molecule has 0 fully saturated rings. The van der Waals surface area contributed by atoms with Gasteiger partial charge in [0.25, 0.3) is 0 Å². The van der Waals surface area contributed by atoms with Crippen molar-refractivity contribution in [1.29, 1.82) is 0 Å². The van der Waals surface area contributed by atoms with Crippen LogP contribution in [0.3, 0.4) is 0 Å². The van der Waals surface area contributed by atoms with Crippen LogP contribution in [0.25, 0.3) is 22.1 Å².